The minimum Gasteiger partial charge on any atom is -0.391 e. The zero-order valence-corrected chi connectivity index (χ0v) is 12.0. The molecule has 1 aromatic carbocycles. The van der Waals surface area contributed by atoms with Gasteiger partial charge in [-0.3, -0.25) is 4.79 Å². The number of amides is 1. The number of nitrogens with one attached hydrogen (secondary N) is 1. The maximum absolute atomic E-state index is 12.1. The molecule has 0 bridgehead atoms. The second-order valence-corrected chi connectivity index (χ2v) is 5.73. The highest BCUT2D eigenvalue weighted by Gasteiger charge is 2.23. The largest absolute Gasteiger partial charge is 0.391 e. The van der Waals surface area contributed by atoms with Crippen molar-refractivity contribution < 1.29 is 9.90 Å². The molecule has 1 amide bonds. The third-order valence-electron chi connectivity index (χ3n) is 3.48. The van der Waals surface area contributed by atoms with Crippen LogP contribution in [0.5, 0.6) is 0 Å². The Morgan fingerprint density at radius 1 is 1.16 bits per heavy atom. The first-order chi connectivity index (χ1) is 9.08. The Labute approximate surface area is 122 Å². The maximum Gasteiger partial charge on any atom is 0.251 e. The lowest BCUT2D eigenvalue weighted by molar-refractivity contribution is 0.0819. The molecule has 5 heteroatoms. The molecule has 0 saturated heterocycles. The van der Waals surface area contributed by atoms with E-state index in [1.165, 1.54) is 0 Å². The van der Waals surface area contributed by atoms with Crippen LogP contribution in [0.3, 0.4) is 0 Å². The smallest absolute Gasteiger partial charge is 0.251 e. The van der Waals surface area contributed by atoms with Crippen molar-refractivity contribution in [2.24, 2.45) is 0 Å². The Balaban J connectivity index is 2.05. The Morgan fingerprint density at radius 3 is 2.63 bits per heavy atom. The van der Waals surface area contributed by atoms with Gasteiger partial charge in [0.15, 0.2) is 0 Å². The Bertz CT molecular complexity index is 465. The molecule has 3 nitrogen and oxygen atoms in total. The summed E-state index contributed by atoms with van der Waals surface area (Å²) in [6.07, 6.45) is 4.25. The van der Waals surface area contributed by atoms with Crippen molar-refractivity contribution in [2.75, 3.05) is 0 Å². The molecule has 1 aliphatic rings. The van der Waals surface area contributed by atoms with E-state index in [0.717, 1.165) is 32.1 Å². The molecule has 1 aliphatic carbocycles. The van der Waals surface area contributed by atoms with E-state index in [-0.39, 0.29) is 11.9 Å². The van der Waals surface area contributed by atoms with Crippen LogP contribution in [-0.2, 0) is 0 Å². The van der Waals surface area contributed by atoms with Gasteiger partial charge in [-0.2, -0.15) is 0 Å². The summed E-state index contributed by atoms with van der Waals surface area (Å²) in [6, 6.07) is 4.60. The monoisotopic (exact) mass is 301 g/mol. The van der Waals surface area contributed by atoms with Gasteiger partial charge < -0.3 is 10.4 Å². The SMILES string of the molecule is O=C(NC1CCCCCC1O)c1ccc(Cl)c(Cl)c1. The number of hydrogen-bond acceptors (Lipinski definition) is 2. The summed E-state index contributed by atoms with van der Waals surface area (Å²) in [5.41, 5.74) is 0.464. The zero-order valence-electron chi connectivity index (χ0n) is 10.5. The van der Waals surface area contributed by atoms with Crippen LogP contribution in [0, 0.1) is 0 Å². The lowest BCUT2D eigenvalue weighted by Gasteiger charge is -2.21. The molecule has 0 aromatic heterocycles. The molecule has 0 spiro atoms. The second kappa shape index (κ2) is 6.60. The standard InChI is InChI=1S/C14H17Cl2NO2/c15-10-7-6-9(8-11(10)16)14(19)17-12-4-2-1-3-5-13(12)18/h6-8,12-13,18H,1-5H2,(H,17,19). The summed E-state index contributed by atoms with van der Waals surface area (Å²) >= 11 is 11.7. The van der Waals surface area contributed by atoms with Crippen LogP contribution in [0.25, 0.3) is 0 Å². The number of halogens is 2. The van der Waals surface area contributed by atoms with E-state index in [2.05, 4.69) is 5.32 Å². The van der Waals surface area contributed by atoms with E-state index < -0.39 is 6.10 Å². The van der Waals surface area contributed by atoms with Crippen LogP contribution >= 0.6 is 23.2 Å². The van der Waals surface area contributed by atoms with Gasteiger partial charge in [-0.25, -0.2) is 0 Å². The van der Waals surface area contributed by atoms with E-state index in [1.807, 2.05) is 0 Å². The van der Waals surface area contributed by atoms with Crippen LogP contribution in [0.4, 0.5) is 0 Å². The molecular formula is C14H17Cl2NO2. The van der Waals surface area contributed by atoms with Gasteiger partial charge in [-0.15, -0.1) is 0 Å². The first-order valence-corrected chi connectivity index (χ1v) is 7.27. The predicted octanol–water partition coefficient (Wildman–Crippen LogP) is 3.42. The van der Waals surface area contributed by atoms with Gasteiger partial charge in [0.25, 0.3) is 5.91 Å². The van der Waals surface area contributed by atoms with Crippen molar-refractivity contribution in [1.82, 2.24) is 5.32 Å². The third-order valence-corrected chi connectivity index (χ3v) is 4.22. The summed E-state index contributed by atoms with van der Waals surface area (Å²) in [7, 11) is 0. The average molecular weight is 302 g/mol. The van der Waals surface area contributed by atoms with Crippen molar-refractivity contribution in [1.29, 1.82) is 0 Å². The number of hydrogen-bond donors (Lipinski definition) is 2. The van der Waals surface area contributed by atoms with Crippen molar-refractivity contribution in [3.05, 3.63) is 33.8 Å². The first kappa shape index (κ1) is 14.6. The molecule has 2 N–H and O–H groups in total. The summed E-state index contributed by atoms with van der Waals surface area (Å²) in [4.78, 5) is 12.1. The van der Waals surface area contributed by atoms with Crippen molar-refractivity contribution in [2.45, 2.75) is 44.2 Å². The van der Waals surface area contributed by atoms with Gasteiger partial charge >= 0.3 is 0 Å². The fourth-order valence-corrected chi connectivity index (χ4v) is 2.64. The topological polar surface area (TPSA) is 49.3 Å². The minimum absolute atomic E-state index is 0.176. The highest BCUT2D eigenvalue weighted by atomic mass is 35.5. The quantitative estimate of drug-likeness (QED) is 0.822. The third kappa shape index (κ3) is 3.85. The van der Waals surface area contributed by atoms with Crippen molar-refractivity contribution in [3.63, 3.8) is 0 Å². The van der Waals surface area contributed by atoms with Gasteiger partial charge in [0.2, 0.25) is 0 Å². The van der Waals surface area contributed by atoms with E-state index in [4.69, 9.17) is 23.2 Å². The van der Waals surface area contributed by atoms with Crippen LogP contribution in [-0.4, -0.2) is 23.2 Å². The van der Waals surface area contributed by atoms with E-state index >= 15 is 0 Å². The number of aliphatic hydroxyl groups excluding tert-OH is 1. The Kier molecular flexibility index (Phi) is 5.08. The first-order valence-electron chi connectivity index (χ1n) is 6.52. The Hall–Kier alpha value is -0.770. The van der Waals surface area contributed by atoms with E-state index in [0.29, 0.717) is 15.6 Å². The highest BCUT2D eigenvalue weighted by Crippen LogP contribution is 2.23. The number of rotatable bonds is 2. The fourth-order valence-electron chi connectivity index (χ4n) is 2.35. The molecule has 2 unspecified atom stereocenters. The average Bonchev–Trinajstić information content (AvgIpc) is 2.58. The summed E-state index contributed by atoms with van der Waals surface area (Å²) in [6.45, 7) is 0. The van der Waals surface area contributed by atoms with Gasteiger partial charge in [-0.1, -0.05) is 42.5 Å². The van der Waals surface area contributed by atoms with Gasteiger partial charge in [0.1, 0.15) is 0 Å². The van der Waals surface area contributed by atoms with Gasteiger partial charge in [0.05, 0.1) is 22.2 Å². The predicted molar refractivity (Wildman–Crippen MR) is 76.8 cm³/mol. The normalized spacial score (nSPS) is 23.7. The van der Waals surface area contributed by atoms with Crippen LogP contribution in [0.2, 0.25) is 10.0 Å². The molecule has 1 aromatic rings. The molecule has 0 aliphatic heterocycles. The molecule has 1 saturated carbocycles. The fraction of sp³-hybridized carbons (Fsp3) is 0.500. The van der Waals surface area contributed by atoms with Gasteiger partial charge in [0, 0.05) is 5.56 Å². The molecule has 104 valence electrons. The van der Waals surface area contributed by atoms with Crippen molar-refractivity contribution >= 4 is 29.1 Å². The van der Waals surface area contributed by atoms with Crippen LogP contribution in [0.15, 0.2) is 18.2 Å². The van der Waals surface area contributed by atoms with Crippen LogP contribution < -0.4 is 5.32 Å². The number of aliphatic hydroxyl groups is 1. The Morgan fingerprint density at radius 2 is 1.89 bits per heavy atom. The number of benzene rings is 1. The lowest BCUT2D eigenvalue weighted by Crippen LogP contribution is -2.42. The molecule has 2 atom stereocenters. The number of carbonyl (C=O) groups is 1. The zero-order chi connectivity index (χ0) is 13.8. The van der Waals surface area contributed by atoms with Crippen molar-refractivity contribution in [3.8, 4) is 0 Å². The summed E-state index contributed by atoms with van der Waals surface area (Å²) < 4.78 is 0. The highest BCUT2D eigenvalue weighted by molar-refractivity contribution is 6.42. The van der Waals surface area contributed by atoms with Crippen LogP contribution in [0.1, 0.15) is 42.5 Å². The van der Waals surface area contributed by atoms with E-state index in [1.54, 1.807) is 18.2 Å². The molecule has 0 radical (unpaired) electrons. The van der Waals surface area contributed by atoms with E-state index in [9.17, 15) is 9.90 Å². The molecule has 1 fully saturated rings. The summed E-state index contributed by atoms with van der Waals surface area (Å²) in [5, 5.41) is 13.6. The maximum atomic E-state index is 12.1. The molecule has 2 rings (SSSR count). The molecule has 19 heavy (non-hydrogen) atoms. The minimum atomic E-state index is -0.464. The molecule has 0 heterocycles. The summed E-state index contributed by atoms with van der Waals surface area (Å²) in [5.74, 6) is -0.218. The second-order valence-electron chi connectivity index (χ2n) is 4.91. The number of carbonyl (C=O) groups excluding carboxylic acids is 1. The molecular weight excluding hydrogens is 285 g/mol. The van der Waals surface area contributed by atoms with Gasteiger partial charge in [-0.05, 0) is 31.0 Å². The lowest BCUT2D eigenvalue weighted by atomic mass is 10.1.